The van der Waals surface area contributed by atoms with Gasteiger partial charge in [-0.1, -0.05) is 483 Å². The highest BCUT2D eigenvalue weighted by Crippen LogP contribution is 2.46. The third kappa shape index (κ3) is 64.5. The van der Waals surface area contributed by atoms with Gasteiger partial charge in [0.2, 0.25) is 0 Å². The number of ether oxygens (including phenoxy) is 1. The van der Waals surface area contributed by atoms with Gasteiger partial charge in [0.15, 0.2) is 6.29 Å². The fourth-order valence-corrected chi connectivity index (χ4v) is 16.0. The predicted molar refractivity (Wildman–Crippen MR) is 424 cm³/mol. The number of hydrogen-bond donors (Lipinski definition) is 5. The minimum Gasteiger partial charge on any atom is -0.463 e. The SMILES string of the molecule is CCCCCCCCCCCCCCCCCCCCCCCCC(C(=O)OC[C@@H](O)[C@@H](O)[C@H](O)[C@@H](O)C=O)C(O)CCCCCCCCCCCCCCCCCC1CC1CCCCCCCCCCCCCCCCCC(C)CCCCCCCCCCCCCCCCCC. The average molecular weight is 1390 g/mol. The molecule has 1 fully saturated rings. The number of rotatable bonds is 84. The molecule has 0 aromatic heterocycles. The Labute approximate surface area is 612 Å². The van der Waals surface area contributed by atoms with Crippen molar-refractivity contribution in [3.63, 3.8) is 0 Å². The Bertz CT molecular complexity index is 1580. The molecule has 0 aliphatic heterocycles. The minimum atomic E-state index is -1.90. The molecule has 0 amide bonds. The van der Waals surface area contributed by atoms with E-state index in [2.05, 4.69) is 20.8 Å². The maximum absolute atomic E-state index is 13.3. The van der Waals surface area contributed by atoms with Crippen LogP contribution in [-0.2, 0) is 14.3 Å². The van der Waals surface area contributed by atoms with Crippen LogP contribution in [0, 0.1) is 23.7 Å². The molecule has 1 aliphatic rings. The van der Waals surface area contributed by atoms with Crippen LogP contribution in [0.4, 0.5) is 0 Å². The van der Waals surface area contributed by atoms with Gasteiger partial charge in [0.05, 0.1) is 12.0 Å². The Kier molecular flexibility index (Phi) is 73.3. The molecule has 5 N–H and O–H groups in total. The molecule has 8 nitrogen and oxygen atoms in total. The monoisotopic (exact) mass is 1390 g/mol. The first-order chi connectivity index (χ1) is 48.2. The lowest BCUT2D eigenvalue weighted by Crippen LogP contribution is -2.47. The molecule has 8 heteroatoms. The van der Waals surface area contributed by atoms with E-state index in [9.17, 15) is 35.1 Å². The van der Waals surface area contributed by atoms with Gasteiger partial charge in [0, 0.05) is 0 Å². The molecule has 98 heavy (non-hydrogen) atoms. The number of aliphatic hydroxyl groups excluding tert-OH is 5. The van der Waals surface area contributed by atoms with Gasteiger partial charge in [-0.25, -0.2) is 0 Å². The lowest BCUT2D eigenvalue weighted by atomic mass is 9.91. The highest BCUT2D eigenvalue weighted by molar-refractivity contribution is 5.73. The average Bonchev–Trinajstić information content (AvgIpc) is 1.67. The molecule has 0 radical (unpaired) electrons. The summed E-state index contributed by atoms with van der Waals surface area (Å²) in [5, 5.41) is 51.4. The van der Waals surface area contributed by atoms with Crippen LogP contribution in [0.15, 0.2) is 0 Å². The van der Waals surface area contributed by atoms with E-state index in [4.69, 9.17) is 4.74 Å². The summed E-state index contributed by atoms with van der Waals surface area (Å²) in [6, 6.07) is 0. The second-order valence-corrected chi connectivity index (χ2v) is 32.9. The van der Waals surface area contributed by atoms with Crippen molar-refractivity contribution in [2.75, 3.05) is 6.61 Å². The van der Waals surface area contributed by atoms with Crippen LogP contribution in [0.25, 0.3) is 0 Å². The summed E-state index contributed by atoms with van der Waals surface area (Å²) in [7, 11) is 0. The number of aldehydes is 1. The van der Waals surface area contributed by atoms with Crippen LogP contribution < -0.4 is 0 Å². The largest absolute Gasteiger partial charge is 0.463 e. The summed E-state index contributed by atoms with van der Waals surface area (Å²) in [5.41, 5.74) is 0. The van der Waals surface area contributed by atoms with Gasteiger partial charge in [-0.3, -0.25) is 4.79 Å². The zero-order valence-electron chi connectivity index (χ0n) is 66.5. The fraction of sp³-hybridized carbons (Fsp3) is 0.978. The lowest BCUT2D eigenvalue weighted by molar-refractivity contribution is -0.164. The van der Waals surface area contributed by atoms with E-state index in [0.29, 0.717) is 12.8 Å². The Morgan fingerprint density at radius 1 is 0.306 bits per heavy atom. The van der Waals surface area contributed by atoms with Gasteiger partial charge in [-0.15, -0.1) is 0 Å². The molecule has 0 bridgehead atoms. The Morgan fingerprint density at radius 3 is 0.786 bits per heavy atom. The standard InChI is InChI=1S/C90H176O8/c1-4-6-8-10-12-14-16-18-20-22-23-24-25-26-27-34-40-46-52-58-64-70-76-84(90(97)98-80-87(94)89(96)88(95)86(93)79-91)85(92)77-71-65-59-53-47-41-35-29-33-39-45-51-57-63-69-75-83-78-82(83)74-68-62-56-50-44-38-32-28-31-37-43-49-55-61-67-73-81(3)72-66-60-54-48-42-36-30-21-19-17-15-13-11-9-7-5-2/h79,81-89,92-96H,4-78,80H2,1-3H3/t81?,82?,83?,84?,85?,86-,87+,88+,89+/m0/s1. The summed E-state index contributed by atoms with van der Waals surface area (Å²) in [6.45, 7) is 6.51. The fourth-order valence-electron chi connectivity index (χ4n) is 16.0. The van der Waals surface area contributed by atoms with Gasteiger partial charge < -0.3 is 35.1 Å². The van der Waals surface area contributed by atoms with E-state index in [-0.39, 0.29) is 6.29 Å². The summed E-state index contributed by atoms with van der Waals surface area (Å²) in [5.74, 6) is 1.71. The highest BCUT2D eigenvalue weighted by atomic mass is 16.5. The van der Waals surface area contributed by atoms with E-state index in [1.165, 1.54) is 430 Å². The number of hydrogen-bond acceptors (Lipinski definition) is 8. The van der Waals surface area contributed by atoms with Crippen LogP contribution in [-0.4, -0.2) is 74.9 Å². The van der Waals surface area contributed by atoms with Crippen molar-refractivity contribution < 1.29 is 39.9 Å². The van der Waals surface area contributed by atoms with Crippen molar-refractivity contribution in [1.82, 2.24) is 0 Å². The molecule has 584 valence electrons. The van der Waals surface area contributed by atoms with Crippen LogP contribution >= 0.6 is 0 Å². The lowest BCUT2D eigenvalue weighted by Gasteiger charge is -2.26. The number of carbonyl (C=O) groups is 2. The van der Waals surface area contributed by atoms with Crippen molar-refractivity contribution >= 4 is 12.3 Å². The molecule has 9 atom stereocenters. The first-order valence-electron chi connectivity index (χ1n) is 45.2. The molecule has 5 unspecified atom stereocenters. The van der Waals surface area contributed by atoms with Crippen LogP contribution in [0.2, 0.25) is 0 Å². The summed E-state index contributed by atoms with van der Waals surface area (Å²) in [6.07, 6.45) is 94.0. The third-order valence-electron chi connectivity index (χ3n) is 23.2. The van der Waals surface area contributed by atoms with Crippen LogP contribution in [0.1, 0.15) is 502 Å². The second kappa shape index (κ2) is 75.6. The van der Waals surface area contributed by atoms with E-state index >= 15 is 0 Å². The quantitative estimate of drug-likeness (QED) is 0.0230. The molecular weight excluding hydrogens is 1210 g/mol. The zero-order valence-corrected chi connectivity index (χ0v) is 66.5. The Morgan fingerprint density at radius 2 is 0.531 bits per heavy atom. The molecule has 0 aromatic rings. The summed E-state index contributed by atoms with van der Waals surface area (Å²) >= 11 is 0. The van der Waals surface area contributed by atoms with Gasteiger partial charge in [0.1, 0.15) is 31.0 Å². The highest BCUT2D eigenvalue weighted by Gasteiger charge is 2.35. The maximum atomic E-state index is 13.3. The van der Waals surface area contributed by atoms with E-state index in [1.54, 1.807) is 0 Å². The van der Waals surface area contributed by atoms with Crippen molar-refractivity contribution in [1.29, 1.82) is 0 Å². The van der Waals surface area contributed by atoms with E-state index in [1.807, 2.05) is 0 Å². The molecule has 0 spiro atoms. The van der Waals surface area contributed by atoms with Gasteiger partial charge in [-0.05, 0) is 37.0 Å². The number of unbranched alkanes of at least 4 members (excludes halogenated alkanes) is 64. The summed E-state index contributed by atoms with van der Waals surface area (Å²) < 4.78 is 5.38. The first-order valence-corrected chi connectivity index (χ1v) is 45.2. The van der Waals surface area contributed by atoms with Crippen LogP contribution in [0.3, 0.4) is 0 Å². The molecule has 0 saturated heterocycles. The number of aliphatic hydroxyl groups is 5. The summed E-state index contributed by atoms with van der Waals surface area (Å²) in [4.78, 5) is 24.2. The van der Waals surface area contributed by atoms with Crippen molar-refractivity contribution in [3.05, 3.63) is 0 Å². The van der Waals surface area contributed by atoms with Gasteiger partial charge >= 0.3 is 5.97 Å². The van der Waals surface area contributed by atoms with Crippen molar-refractivity contribution in [3.8, 4) is 0 Å². The van der Waals surface area contributed by atoms with Gasteiger partial charge in [-0.2, -0.15) is 0 Å². The molecule has 0 heterocycles. The van der Waals surface area contributed by atoms with E-state index < -0.39 is 49.0 Å². The van der Waals surface area contributed by atoms with Crippen molar-refractivity contribution in [2.24, 2.45) is 23.7 Å². The molecule has 0 aromatic carbocycles. The number of carbonyl (C=O) groups excluding carboxylic acids is 2. The second-order valence-electron chi connectivity index (χ2n) is 32.9. The minimum absolute atomic E-state index is 0.0802. The van der Waals surface area contributed by atoms with Crippen LogP contribution in [0.5, 0.6) is 0 Å². The zero-order chi connectivity index (χ0) is 70.9. The normalized spacial score (nSPS) is 16.1. The number of esters is 1. The molecular formula is C90H176O8. The molecule has 1 aliphatic carbocycles. The topological polar surface area (TPSA) is 145 Å². The Hall–Kier alpha value is -1.06. The third-order valence-corrected chi connectivity index (χ3v) is 23.2. The molecule has 1 rings (SSSR count). The maximum Gasteiger partial charge on any atom is 0.311 e. The van der Waals surface area contributed by atoms with Crippen molar-refractivity contribution in [2.45, 2.75) is 533 Å². The smallest absolute Gasteiger partial charge is 0.311 e. The van der Waals surface area contributed by atoms with E-state index in [0.717, 1.165) is 56.3 Å². The predicted octanol–water partition coefficient (Wildman–Crippen LogP) is 27.3. The first kappa shape index (κ1) is 95.0. The Balaban J connectivity index is 1.94. The van der Waals surface area contributed by atoms with Gasteiger partial charge in [0.25, 0.3) is 0 Å². The molecule has 1 saturated carbocycles.